The van der Waals surface area contributed by atoms with Crippen LogP contribution in [0.4, 0.5) is 4.79 Å². The molecule has 79 heavy (non-hydrogen) atoms. The van der Waals surface area contributed by atoms with E-state index in [0.29, 0.717) is 58.6 Å². The standard InChI is InChI=1S/C29H67N4O8PSi5.C17H31N4O10P/c1-43(2,3)37-27(34)24-30-16-18-32(26-42(40-46(10,11)12)41-47(13,14)15)19-17-31(25-28(35)38-44(4,5)6)21-23-33(22-20-30)29(36)39-45(7,8)9;22-14(23)9-18-1-3-19(10-15(24)25)5-7-21(13-32(30,31)12-17(28)29)8-6-20(4-2-18)11-16(26)27/h16-26H2,1-15H3;1-13H2,(H,22,23)(H,24,25)(H,26,27)(H,28,29)(H,30,31). The molecule has 1 amide bonds. The molecule has 33 heteroatoms. The van der Waals surface area contributed by atoms with E-state index >= 15 is 0 Å². The van der Waals surface area contributed by atoms with Crippen molar-refractivity contribution >= 4 is 99.2 Å². The highest BCUT2D eigenvalue weighted by atomic mass is 31.2. The number of carboxylic acids is 4. The summed E-state index contributed by atoms with van der Waals surface area (Å²) in [6.45, 7) is 36.3. The van der Waals surface area contributed by atoms with E-state index in [-0.39, 0.29) is 103 Å². The molecule has 5 N–H and O–H groups in total. The van der Waals surface area contributed by atoms with Crippen molar-refractivity contribution in [3.8, 4) is 0 Å². The van der Waals surface area contributed by atoms with Crippen molar-refractivity contribution in [3.05, 3.63) is 0 Å². The zero-order valence-electron chi connectivity index (χ0n) is 50.0. The second kappa shape index (κ2) is 34.3. The Bertz CT molecular complexity index is 1920. The molecule has 0 aromatic carbocycles. The zero-order valence-corrected chi connectivity index (χ0v) is 56.8. The lowest BCUT2D eigenvalue weighted by Crippen LogP contribution is -2.50. The van der Waals surface area contributed by atoms with Gasteiger partial charge in [-0.2, -0.15) is 0 Å². The summed E-state index contributed by atoms with van der Waals surface area (Å²) in [6, 6.07) is 0. The Morgan fingerprint density at radius 3 is 0.949 bits per heavy atom. The number of carbonyl (C=O) groups is 7. The highest BCUT2D eigenvalue weighted by Gasteiger charge is 2.33. The summed E-state index contributed by atoms with van der Waals surface area (Å²) in [4.78, 5) is 108. The third-order valence-electron chi connectivity index (χ3n) is 10.9. The molecule has 0 aromatic heterocycles. The second-order valence-corrected chi connectivity index (χ2v) is 51.3. The molecule has 1 atom stereocenters. The van der Waals surface area contributed by atoms with Crippen LogP contribution in [0.15, 0.2) is 0 Å². The van der Waals surface area contributed by atoms with Crippen molar-refractivity contribution in [2.75, 3.05) is 156 Å². The van der Waals surface area contributed by atoms with Crippen LogP contribution in [0.25, 0.3) is 0 Å². The summed E-state index contributed by atoms with van der Waals surface area (Å²) in [6.07, 6.45) is -1.05. The summed E-state index contributed by atoms with van der Waals surface area (Å²) in [5, 5.41) is 36.3. The average Bonchev–Trinajstić information content (AvgIpc) is 3.20. The predicted molar refractivity (Wildman–Crippen MR) is 316 cm³/mol. The van der Waals surface area contributed by atoms with Gasteiger partial charge in [0.2, 0.25) is 32.3 Å². The average molecular weight is 1250 g/mol. The fraction of sp³-hybridized carbons (Fsp3) is 0.848. The van der Waals surface area contributed by atoms with E-state index in [0.717, 1.165) is 0 Å². The van der Waals surface area contributed by atoms with Gasteiger partial charge >= 0.3 is 41.9 Å². The Balaban J connectivity index is 0.000000849. The molecule has 2 rings (SSSR count). The molecule has 26 nitrogen and oxygen atoms in total. The van der Waals surface area contributed by atoms with E-state index in [1.807, 2.05) is 58.9 Å². The topological polar surface area (TPSA) is 310 Å². The van der Waals surface area contributed by atoms with Gasteiger partial charge in [0.25, 0.3) is 0 Å². The summed E-state index contributed by atoms with van der Waals surface area (Å²) in [5.74, 6) is -5.12. The van der Waals surface area contributed by atoms with Gasteiger partial charge < -0.3 is 51.9 Å². The molecule has 0 spiro atoms. The minimum atomic E-state index is -4.03. The van der Waals surface area contributed by atoms with Crippen LogP contribution < -0.4 is 0 Å². The minimum Gasteiger partial charge on any atom is -0.519 e. The number of hydrogen-bond acceptors (Lipinski definition) is 20. The van der Waals surface area contributed by atoms with Gasteiger partial charge in [0, 0.05) is 105 Å². The van der Waals surface area contributed by atoms with Crippen molar-refractivity contribution in [3.63, 3.8) is 0 Å². The molecule has 460 valence electrons. The number of carboxylic acid groups (broad SMARTS) is 4. The maximum absolute atomic E-state index is 13.4. The van der Waals surface area contributed by atoms with E-state index in [1.54, 1.807) is 19.6 Å². The normalized spacial score (nSPS) is 19.0. The van der Waals surface area contributed by atoms with Crippen LogP contribution in [0.1, 0.15) is 0 Å². The first-order valence-electron chi connectivity index (χ1n) is 26.8. The molecule has 2 heterocycles. The van der Waals surface area contributed by atoms with Gasteiger partial charge in [-0.05, 0) is 98.2 Å². The molecule has 0 saturated carbocycles. The number of amides is 1. The Kier molecular flexibility index (Phi) is 32.3. The molecule has 0 bridgehead atoms. The fourth-order valence-electron chi connectivity index (χ4n) is 7.81. The first-order valence-corrected chi connectivity index (χ1v) is 47.2. The van der Waals surface area contributed by atoms with E-state index < -0.39 is 93.7 Å². The van der Waals surface area contributed by atoms with Crippen LogP contribution in [0.3, 0.4) is 0 Å². The molecular formula is C46H98N8O18P2Si5. The van der Waals surface area contributed by atoms with Crippen LogP contribution in [-0.2, 0) is 55.0 Å². The quantitative estimate of drug-likeness (QED) is 0.0720. The van der Waals surface area contributed by atoms with Crippen molar-refractivity contribution in [2.45, 2.75) is 98.2 Å². The van der Waals surface area contributed by atoms with Crippen molar-refractivity contribution < 1.29 is 85.2 Å². The maximum atomic E-state index is 13.4. The van der Waals surface area contributed by atoms with Crippen LogP contribution in [0, 0.1) is 0 Å². The SMILES string of the molecule is C[Si](C)(C)OC(=O)CN1CCN(CP(O[Si](C)(C)C)O[Si](C)(C)C)CCN(CC(=O)O[Si](C)(C)C)CCN(C(=O)O[Si](C)(C)C)CC1.O=C(O)CN1CCN(CC(=O)O)CCN(CP(=O)(O)CC(=O)O)CCN(CC(=O)O)CC1. The first kappa shape index (κ1) is 74.4. The molecule has 1 unspecified atom stereocenters. The Morgan fingerprint density at radius 1 is 0.392 bits per heavy atom. The second-order valence-electron chi connectivity index (χ2n) is 24.9. The number of hydrogen-bond donors (Lipinski definition) is 5. The molecule has 2 aliphatic heterocycles. The maximum Gasteiger partial charge on any atom is 0.396 e. The van der Waals surface area contributed by atoms with Gasteiger partial charge in [0.05, 0.1) is 45.3 Å². The summed E-state index contributed by atoms with van der Waals surface area (Å²) in [5.41, 5.74) is 0. The molecule has 0 aromatic rings. The zero-order chi connectivity index (χ0) is 60.7. The summed E-state index contributed by atoms with van der Waals surface area (Å²) < 4.78 is 43.0. The Labute approximate surface area is 475 Å². The number of rotatable bonds is 23. The molecule has 2 saturated heterocycles. The third kappa shape index (κ3) is 40.3. The van der Waals surface area contributed by atoms with Crippen LogP contribution in [0.5, 0.6) is 0 Å². The van der Waals surface area contributed by atoms with Crippen LogP contribution in [0.2, 0.25) is 98.2 Å². The van der Waals surface area contributed by atoms with Gasteiger partial charge in [-0.25, -0.2) is 4.79 Å². The van der Waals surface area contributed by atoms with E-state index in [4.69, 9.17) is 42.1 Å². The number of carbonyl (C=O) groups excluding carboxylic acids is 3. The first-order chi connectivity index (χ1) is 35.9. The lowest BCUT2D eigenvalue weighted by atomic mass is 10.3. The largest absolute Gasteiger partial charge is 0.519 e. The summed E-state index contributed by atoms with van der Waals surface area (Å²) in [7, 11) is -15.3. The molecule has 2 aliphatic rings. The third-order valence-corrected chi connectivity index (χ3v) is 21.6. The van der Waals surface area contributed by atoms with Gasteiger partial charge in [0.1, 0.15) is 6.16 Å². The Morgan fingerprint density at radius 2 is 0.671 bits per heavy atom. The van der Waals surface area contributed by atoms with Gasteiger partial charge in [0.15, 0.2) is 25.0 Å². The predicted octanol–water partition coefficient (Wildman–Crippen LogP) is 3.68. The summed E-state index contributed by atoms with van der Waals surface area (Å²) >= 11 is 0. The lowest BCUT2D eigenvalue weighted by molar-refractivity contribution is -0.140. The molecule has 0 radical (unpaired) electrons. The van der Waals surface area contributed by atoms with E-state index in [1.165, 1.54) is 4.90 Å². The van der Waals surface area contributed by atoms with Crippen LogP contribution in [-0.4, -0.2) is 304 Å². The van der Waals surface area contributed by atoms with Gasteiger partial charge in [-0.3, -0.25) is 67.6 Å². The van der Waals surface area contributed by atoms with Crippen LogP contribution >= 0.6 is 15.7 Å². The van der Waals surface area contributed by atoms with E-state index in [9.17, 15) is 43.0 Å². The number of nitrogens with zero attached hydrogens (tertiary/aromatic N) is 8. The monoisotopic (exact) mass is 1250 g/mol. The lowest BCUT2D eigenvalue weighted by Gasteiger charge is -2.37. The highest BCUT2D eigenvalue weighted by Crippen LogP contribution is 2.45. The van der Waals surface area contributed by atoms with E-state index in [2.05, 4.69) is 54.0 Å². The van der Waals surface area contributed by atoms with Gasteiger partial charge in [-0.1, -0.05) is 0 Å². The molecular weight excluding hydrogens is 1150 g/mol. The van der Waals surface area contributed by atoms with Crippen molar-refractivity contribution in [1.29, 1.82) is 0 Å². The van der Waals surface area contributed by atoms with Gasteiger partial charge in [-0.15, -0.1) is 0 Å². The minimum absolute atomic E-state index is 0.148. The van der Waals surface area contributed by atoms with Crippen molar-refractivity contribution in [2.24, 2.45) is 0 Å². The van der Waals surface area contributed by atoms with Crippen molar-refractivity contribution in [1.82, 2.24) is 39.2 Å². The highest BCUT2D eigenvalue weighted by molar-refractivity contribution is 7.58. The fourth-order valence-corrected chi connectivity index (χ4v) is 17.8. The number of aliphatic carboxylic acids is 4. The Hall–Kier alpha value is -2.57. The smallest absolute Gasteiger partial charge is 0.396 e. The molecule has 0 aliphatic carbocycles. The molecule has 2 fully saturated rings.